The van der Waals surface area contributed by atoms with Crippen LogP contribution in [0.15, 0.2) is 0 Å². The Morgan fingerprint density at radius 2 is 2.33 bits per heavy atom. The fourth-order valence-electron chi connectivity index (χ4n) is 0.730. The summed E-state index contributed by atoms with van der Waals surface area (Å²) in [6, 6.07) is 0. The Morgan fingerprint density at radius 3 is 2.58 bits per heavy atom. The van der Waals surface area contributed by atoms with E-state index in [0.29, 0.717) is 0 Å². The molecular formula is C5H5N3O4. The number of nitrogens with one attached hydrogen (secondary N) is 1. The number of carbonyl (C=O) groups is 1. The molecule has 1 aromatic rings. The molecule has 1 heterocycles. The van der Waals surface area contributed by atoms with E-state index in [2.05, 4.69) is 9.97 Å². The number of H-pyrrole nitrogens is 1. The molecule has 2 N–H and O–H groups in total. The number of imidazole rings is 1. The van der Waals surface area contributed by atoms with Crippen molar-refractivity contribution in [1.82, 2.24) is 9.97 Å². The highest BCUT2D eigenvalue weighted by molar-refractivity contribution is 5.83. The van der Waals surface area contributed by atoms with E-state index in [-0.39, 0.29) is 5.69 Å². The predicted octanol–water partition coefficient (Wildman–Crippen LogP) is 0.325. The number of hydrogen-bond donors (Lipinski definition) is 2. The maximum Gasteiger partial charge on any atom is 0.398 e. The van der Waals surface area contributed by atoms with Crippen molar-refractivity contribution in [2.45, 2.75) is 6.92 Å². The summed E-state index contributed by atoms with van der Waals surface area (Å²) < 4.78 is 0. The maximum absolute atomic E-state index is 10.3. The van der Waals surface area contributed by atoms with Crippen LogP contribution in [0, 0.1) is 17.0 Å². The minimum atomic E-state index is -1.31. The van der Waals surface area contributed by atoms with Gasteiger partial charge in [-0.15, -0.1) is 0 Å². The van der Waals surface area contributed by atoms with Crippen LogP contribution in [0.2, 0.25) is 0 Å². The van der Waals surface area contributed by atoms with Gasteiger partial charge in [0.2, 0.25) is 0 Å². The third kappa shape index (κ3) is 1.24. The molecule has 0 fully saturated rings. The Hall–Kier alpha value is -1.92. The van der Waals surface area contributed by atoms with E-state index in [1.165, 1.54) is 6.92 Å². The van der Waals surface area contributed by atoms with Crippen molar-refractivity contribution < 1.29 is 14.8 Å². The molecule has 0 spiro atoms. The van der Waals surface area contributed by atoms with Crippen LogP contribution in [0.1, 0.15) is 16.3 Å². The average molecular weight is 171 g/mol. The summed E-state index contributed by atoms with van der Waals surface area (Å²) in [4.78, 5) is 25.3. The first-order valence-electron chi connectivity index (χ1n) is 2.96. The summed E-state index contributed by atoms with van der Waals surface area (Å²) >= 11 is 0. The van der Waals surface area contributed by atoms with Crippen LogP contribution in [-0.4, -0.2) is 26.0 Å². The number of nitrogens with zero attached hydrogens (tertiary/aromatic N) is 2. The summed E-state index contributed by atoms with van der Waals surface area (Å²) in [7, 11) is 0. The first-order valence-corrected chi connectivity index (χ1v) is 2.96. The minimum Gasteiger partial charge on any atom is -0.474 e. The van der Waals surface area contributed by atoms with Crippen LogP contribution in [0.4, 0.5) is 5.82 Å². The first kappa shape index (κ1) is 8.18. The van der Waals surface area contributed by atoms with Crippen molar-refractivity contribution in [2.75, 3.05) is 0 Å². The van der Waals surface area contributed by atoms with Crippen LogP contribution in [0.3, 0.4) is 0 Å². The molecule has 7 nitrogen and oxygen atoms in total. The summed E-state index contributed by atoms with van der Waals surface area (Å²) in [6.45, 7) is 1.39. The molecule has 0 aliphatic rings. The van der Waals surface area contributed by atoms with Crippen molar-refractivity contribution in [2.24, 2.45) is 0 Å². The molecule has 0 bridgehead atoms. The lowest BCUT2D eigenvalue weighted by molar-refractivity contribution is -0.389. The number of aryl methyl sites for hydroxylation is 1. The Kier molecular flexibility index (Phi) is 1.78. The van der Waals surface area contributed by atoms with Crippen molar-refractivity contribution >= 4 is 11.8 Å². The quantitative estimate of drug-likeness (QED) is 0.492. The zero-order valence-electron chi connectivity index (χ0n) is 6.07. The zero-order chi connectivity index (χ0) is 9.30. The molecule has 0 radical (unpaired) electrons. The van der Waals surface area contributed by atoms with Crippen LogP contribution < -0.4 is 0 Å². The third-order valence-electron chi connectivity index (χ3n) is 1.23. The van der Waals surface area contributed by atoms with Crippen molar-refractivity contribution in [1.29, 1.82) is 0 Å². The highest BCUT2D eigenvalue weighted by Gasteiger charge is 2.22. The molecule has 0 aromatic carbocycles. The number of aromatic amines is 1. The topological polar surface area (TPSA) is 109 Å². The van der Waals surface area contributed by atoms with Gasteiger partial charge in [0.1, 0.15) is 5.69 Å². The van der Waals surface area contributed by atoms with E-state index in [1.54, 1.807) is 0 Å². The lowest BCUT2D eigenvalue weighted by atomic mass is 10.5. The van der Waals surface area contributed by atoms with Crippen LogP contribution in [0.25, 0.3) is 0 Å². The maximum atomic E-state index is 10.3. The number of carboxylic acid groups (broad SMARTS) is 1. The fourth-order valence-corrected chi connectivity index (χ4v) is 0.730. The summed E-state index contributed by atoms with van der Waals surface area (Å²) in [5.74, 6) is -2.18. The first-order chi connectivity index (χ1) is 5.52. The van der Waals surface area contributed by atoms with Gasteiger partial charge >= 0.3 is 17.6 Å². The van der Waals surface area contributed by atoms with Crippen molar-refractivity contribution in [3.8, 4) is 0 Å². The lowest BCUT2D eigenvalue weighted by Crippen LogP contribution is -1.98. The van der Waals surface area contributed by atoms with Gasteiger partial charge in [-0.3, -0.25) is 0 Å². The number of rotatable bonds is 2. The lowest BCUT2D eigenvalue weighted by Gasteiger charge is -1.85. The van der Waals surface area contributed by atoms with Gasteiger partial charge in [-0.2, -0.15) is 0 Å². The molecule has 0 atom stereocenters. The van der Waals surface area contributed by atoms with Gasteiger partial charge in [0, 0.05) is 0 Å². The van der Waals surface area contributed by atoms with Crippen molar-refractivity contribution in [3.05, 3.63) is 21.6 Å². The van der Waals surface area contributed by atoms with Gasteiger partial charge in [-0.25, -0.2) is 4.79 Å². The molecule has 0 aliphatic heterocycles. The number of carboxylic acids is 1. The average Bonchev–Trinajstić information content (AvgIpc) is 2.30. The van der Waals surface area contributed by atoms with Crippen LogP contribution >= 0.6 is 0 Å². The van der Waals surface area contributed by atoms with E-state index in [4.69, 9.17) is 5.11 Å². The molecular weight excluding hydrogens is 166 g/mol. The smallest absolute Gasteiger partial charge is 0.398 e. The second-order valence-corrected chi connectivity index (χ2v) is 2.10. The largest absolute Gasteiger partial charge is 0.474 e. The van der Waals surface area contributed by atoms with Gasteiger partial charge < -0.3 is 20.2 Å². The van der Waals surface area contributed by atoms with Crippen LogP contribution in [0.5, 0.6) is 0 Å². The number of nitro groups is 1. The fraction of sp³-hybridized carbons (Fsp3) is 0.200. The third-order valence-corrected chi connectivity index (χ3v) is 1.23. The van der Waals surface area contributed by atoms with E-state index < -0.39 is 22.5 Å². The molecule has 1 rings (SSSR count). The minimum absolute atomic E-state index is 0.136. The second kappa shape index (κ2) is 2.61. The Balaban J connectivity index is 3.17. The molecule has 0 amide bonds. The Bertz CT molecular complexity index is 342. The van der Waals surface area contributed by atoms with Gasteiger partial charge in [0.25, 0.3) is 0 Å². The molecule has 0 saturated carbocycles. The molecule has 12 heavy (non-hydrogen) atoms. The zero-order valence-corrected chi connectivity index (χ0v) is 6.07. The number of aromatic nitrogens is 2. The molecule has 64 valence electrons. The number of aromatic carboxylic acids is 1. The monoisotopic (exact) mass is 171 g/mol. The summed E-state index contributed by atoms with van der Waals surface area (Å²) in [5.41, 5.74) is 0.136. The SMILES string of the molecule is Cc1[nH]c(C(=O)O)nc1[N+](=O)[O-]. The van der Waals surface area contributed by atoms with Gasteiger partial charge in [0.05, 0.1) is 0 Å². The standard InChI is InChI=1S/C5H5N3O4/c1-2-4(8(11)12)7-3(6-2)5(9)10/h1H3,(H,6,7)(H,9,10). The van der Waals surface area contributed by atoms with Gasteiger partial charge in [-0.05, 0) is 16.8 Å². The highest BCUT2D eigenvalue weighted by atomic mass is 16.6. The normalized spacial score (nSPS) is 9.75. The number of hydrogen-bond acceptors (Lipinski definition) is 4. The summed E-state index contributed by atoms with van der Waals surface area (Å²) in [5, 5.41) is 18.6. The van der Waals surface area contributed by atoms with E-state index in [9.17, 15) is 14.9 Å². The molecule has 0 saturated heterocycles. The van der Waals surface area contributed by atoms with E-state index in [1.807, 2.05) is 0 Å². The molecule has 7 heteroatoms. The molecule has 0 unspecified atom stereocenters. The van der Waals surface area contributed by atoms with Gasteiger partial charge in [-0.1, -0.05) is 0 Å². The van der Waals surface area contributed by atoms with E-state index >= 15 is 0 Å². The highest BCUT2D eigenvalue weighted by Crippen LogP contribution is 2.12. The Labute approximate surface area is 66.2 Å². The predicted molar refractivity (Wildman–Crippen MR) is 36.9 cm³/mol. The van der Waals surface area contributed by atoms with Gasteiger partial charge in [0.15, 0.2) is 0 Å². The van der Waals surface area contributed by atoms with Crippen molar-refractivity contribution in [3.63, 3.8) is 0 Å². The second-order valence-electron chi connectivity index (χ2n) is 2.10. The molecule has 0 aliphatic carbocycles. The Morgan fingerprint density at radius 1 is 1.75 bits per heavy atom. The van der Waals surface area contributed by atoms with Crippen LogP contribution in [-0.2, 0) is 0 Å². The van der Waals surface area contributed by atoms with E-state index in [0.717, 1.165) is 0 Å². The summed E-state index contributed by atoms with van der Waals surface area (Å²) in [6.07, 6.45) is 0. The molecule has 1 aromatic heterocycles.